The first-order chi connectivity index (χ1) is 9.25. The Morgan fingerprint density at radius 3 is 1.90 bits per heavy atom. The normalized spacial score (nSPS) is 10.9. The number of aryl methyl sites for hydroxylation is 1. The van der Waals surface area contributed by atoms with Gasteiger partial charge in [0.1, 0.15) is 5.69 Å². The Morgan fingerprint density at radius 1 is 1.05 bits per heavy atom. The largest absolute Gasteiger partial charge is 0.476 e. The zero-order chi connectivity index (χ0) is 15.2. The van der Waals surface area contributed by atoms with Crippen LogP contribution in [0.4, 0.5) is 22.0 Å². The highest BCUT2D eigenvalue weighted by Gasteiger charge is 2.28. The first-order valence-corrected chi connectivity index (χ1v) is 5.07. The van der Waals surface area contributed by atoms with Crippen molar-refractivity contribution in [3.63, 3.8) is 0 Å². The number of hydrogen-bond acceptors (Lipinski definition) is 2. The minimum absolute atomic E-state index is 0.106. The molecule has 0 radical (unpaired) electrons. The van der Waals surface area contributed by atoms with Crippen molar-refractivity contribution in [3.8, 4) is 5.69 Å². The third-order valence-corrected chi connectivity index (χ3v) is 2.50. The first-order valence-electron chi connectivity index (χ1n) is 5.07. The maximum Gasteiger partial charge on any atom is 0.356 e. The van der Waals surface area contributed by atoms with Crippen molar-refractivity contribution in [2.75, 3.05) is 0 Å². The van der Waals surface area contributed by atoms with E-state index in [4.69, 9.17) is 5.11 Å². The lowest BCUT2D eigenvalue weighted by Gasteiger charge is -2.09. The fraction of sp³-hybridized carbons (Fsp3) is 0.0909. The molecule has 4 nitrogen and oxygen atoms in total. The Morgan fingerprint density at radius 2 is 1.50 bits per heavy atom. The monoisotopic (exact) mass is 292 g/mol. The molecule has 9 heteroatoms. The number of rotatable bonds is 2. The van der Waals surface area contributed by atoms with Gasteiger partial charge in [0.25, 0.3) is 0 Å². The van der Waals surface area contributed by atoms with Gasteiger partial charge in [0.15, 0.2) is 29.0 Å². The molecule has 2 aromatic rings. The van der Waals surface area contributed by atoms with Gasteiger partial charge in [-0.15, -0.1) is 0 Å². The number of carboxylic acid groups (broad SMARTS) is 1. The third kappa shape index (κ3) is 1.91. The lowest BCUT2D eigenvalue weighted by molar-refractivity contribution is 0.0690. The summed E-state index contributed by atoms with van der Waals surface area (Å²) in [6, 6.07) is 0.931. The topological polar surface area (TPSA) is 55.1 Å². The van der Waals surface area contributed by atoms with Gasteiger partial charge in [-0.25, -0.2) is 31.4 Å². The standard InChI is InChI=1S/C11H5F5N2O2/c1-3-2-4(11(19)20)17-18(3)10-8(15)6(13)5(12)7(14)9(10)16/h2H,1H3,(H,19,20). The molecule has 0 aliphatic carbocycles. The second-order valence-corrected chi connectivity index (χ2v) is 3.81. The van der Waals surface area contributed by atoms with Gasteiger partial charge >= 0.3 is 5.97 Å². The molecule has 106 valence electrons. The average Bonchev–Trinajstić information content (AvgIpc) is 2.77. The van der Waals surface area contributed by atoms with E-state index in [1.165, 1.54) is 6.92 Å². The number of carbonyl (C=O) groups is 1. The summed E-state index contributed by atoms with van der Waals surface area (Å²) in [7, 11) is 0. The predicted molar refractivity (Wildman–Crippen MR) is 55.1 cm³/mol. The highest BCUT2D eigenvalue weighted by molar-refractivity contribution is 5.85. The van der Waals surface area contributed by atoms with Crippen molar-refractivity contribution < 1.29 is 31.9 Å². The fourth-order valence-electron chi connectivity index (χ4n) is 1.58. The van der Waals surface area contributed by atoms with Gasteiger partial charge in [0, 0.05) is 5.69 Å². The number of carboxylic acids is 1. The van der Waals surface area contributed by atoms with E-state index in [1.54, 1.807) is 0 Å². The number of aromatic carboxylic acids is 1. The van der Waals surface area contributed by atoms with Crippen LogP contribution in [-0.4, -0.2) is 20.9 Å². The van der Waals surface area contributed by atoms with E-state index >= 15 is 0 Å². The second kappa shape index (κ2) is 4.58. The Hall–Kier alpha value is -2.45. The quantitative estimate of drug-likeness (QED) is 0.526. The molecular formula is C11H5F5N2O2. The molecule has 0 bridgehead atoms. The van der Waals surface area contributed by atoms with E-state index in [2.05, 4.69) is 5.10 Å². The molecule has 0 fully saturated rings. The minimum Gasteiger partial charge on any atom is -0.476 e. The number of hydrogen-bond donors (Lipinski definition) is 1. The van der Waals surface area contributed by atoms with Gasteiger partial charge in [0.2, 0.25) is 5.82 Å². The molecule has 1 aromatic heterocycles. The summed E-state index contributed by atoms with van der Waals surface area (Å²) in [4.78, 5) is 10.7. The van der Waals surface area contributed by atoms with Crippen LogP contribution in [0.5, 0.6) is 0 Å². The Labute approximate surface area is 108 Å². The molecule has 1 N–H and O–H groups in total. The highest BCUT2D eigenvalue weighted by atomic mass is 19.2. The molecule has 20 heavy (non-hydrogen) atoms. The SMILES string of the molecule is Cc1cc(C(=O)O)nn1-c1c(F)c(F)c(F)c(F)c1F. The summed E-state index contributed by atoms with van der Waals surface area (Å²) in [6.45, 7) is 1.21. The summed E-state index contributed by atoms with van der Waals surface area (Å²) in [5, 5.41) is 12.0. The van der Waals surface area contributed by atoms with Crippen LogP contribution in [0, 0.1) is 36.0 Å². The van der Waals surface area contributed by atoms with E-state index in [-0.39, 0.29) is 5.69 Å². The van der Waals surface area contributed by atoms with Crippen molar-refractivity contribution >= 4 is 5.97 Å². The number of halogens is 5. The molecule has 0 atom stereocenters. The maximum absolute atomic E-state index is 13.5. The Kier molecular flexibility index (Phi) is 3.20. The van der Waals surface area contributed by atoms with Crippen LogP contribution < -0.4 is 0 Å². The first kappa shape index (κ1) is 14.0. The van der Waals surface area contributed by atoms with Crippen LogP contribution >= 0.6 is 0 Å². The molecular weight excluding hydrogens is 287 g/mol. The number of nitrogens with zero attached hydrogens (tertiary/aromatic N) is 2. The summed E-state index contributed by atoms with van der Waals surface area (Å²) < 4.78 is 66.5. The fourth-order valence-corrected chi connectivity index (χ4v) is 1.58. The molecule has 1 heterocycles. The zero-order valence-electron chi connectivity index (χ0n) is 9.72. The van der Waals surface area contributed by atoms with Crippen LogP contribution in [0.25, 0.3) is 5.69 Å². The van der Waals surface area contributed by atoms with E-state index in [1.807, 2.05) is 0 Å². The van der Waals surface area contributed by atoms with Gasteiger partial charge in [-0.2, -0.15) is 5.10 Å². The zero-order valence-corrected chi connectivity index (χ0v) is 9.72. The minimum atomic E-state index is -2.30. The van der Waals surface area contributed by atoms with E-state index in [0.717, 1.165) is 6.07 Å². The maximum atomic E-state index is 13.5. The Balaban J connectivity index is 2.80. The van der Waals surface area contributed by atoms with Gasteiger partial charge in [-0.05, 0) is 13.0 Å². The molecule has 0 aliphatic heterocycles. The average molecular weight is 292 g/mol. The van der Waals surface area contributed by atoms with Crippen molar-refractivity contribution in [3.05, 3.63) is 46.5 Å². The third-order valence-electron chi connectivity index (χ3n) is 2.50. The van der Waals surface area contributed by atoms with Crippen molar-refractivity contribution in [2.24, 2.45) is 0 Å². The van der Waals surface area contributed by atoms with Crippen LogP contribution in [0.2, 0.25) is 0 Å². The van der Waals surface area contributed by atoms with Gasteiger partial charge < -0.3 is 5.11 Å². The second-order valence-electron chi connectivity index (χ2n) is 3.81. The molecule has 0 saturated heterocycles. The van der Waals surface area contributed by atoms with Gasteiger partial charge in [0.05, 0.1) is 0 Å². The van der Waals surface area contributed by atoms with Gasteiger partial charge in [-0.3, -0.25) is 0 Å². The molecule has 0 saturated carbocycles. The van der Waals surface area contributed by atoms with Gasteiger partial charge in [-0.1, -0.05) is 0 Å². The lowest BCUT2D eigenvalue weighted by atomic mass is 10.2. The summed E-state index contributed by atoms with van der Waals surface area (Å²) >= 11 is 0. The van der Waals surface area contributed by atoms with Crippen molar-refractivity contribution in [2.45, 2.75) is 6.92 Å². The highest BCUT2D eigenvalue weighted by Crippen LogP contribution is 2.26. The van der Waals surface area contributed by atoms with Crippen molar-refractivity contribution in [1.29, 1.82) is 0 Å². The molecule has 2 rings (SSSR count). The molecule has 0 unspecified atom stereocenters. The summed E-state index contributed by atoms with van der Waals surface area (Å²) in [5.74, 6) is -12.3. The predicted octanol–water partition coefficient (Wildman–Crippen LogP) is 2.57. The van der Waals surface area contributed by atoms with Crippen LogP contribution in [0.1, 0.15) is 16.2 Å². The van der Waals surface area contributed by atoms with Crippen LogP contribution in [0.3, 0.4) is 0 Å². The van der Waals surface area contributed by atoms with E-state index in [9.17, 15) is 26.7 Å². The smallest absolute Gasteiger partial charge is 0.356 e. The van der Waals surface area contributed by atoms with Crippen molar-refractivity contribution in [1.82, 2.24) is 9.78 Å². The Bertz CT molecular complexity index is 697. The molecule has 0 aliphatic rings. The van der Waals surface area contributed by atoms with Crippen LogP contribution in [-0.2, 0) is 0 Å². The molecule has 0 amide bonds. The van der Waals surface area contributed by atoms with E-state index in [0.29, 0.717) is 4.68 Å². The van der Waals surface area contributed by atoms with E-state index < -0.39 is 46.4 Å². The summed E-state index contributed by atoms with van der Waals surface area (Å²) in [6.07, 6.45) is 0. The van der Waals surface area contributed by atoms with Crippen LogP contribution in [0.15, 0.2) is 6.07 Å². The molecule has 1 aromatic carbocycles. The number of aromatic nitrogens is 2. The lowest BCUT2D eigenvalue weighted by Crippen LogP contribution is -2.12. The summed E-state index contributed by atoms with van der Waals surface area (Å²) in [5.41, 5.74) is -2.02. The number of benzene rings is 1. The molecule has 0 spiro atoms.